The van der Waals surface area contributed by atoms with Crippen LogP contribution in [0.2, 0.25) is 0 Å². The topological polar surface area (TPSA) is 54.4 Å². The number of pyridine rings is 1. The molecule has 1 aliphatic carbocycles. The number of ether oxygens (including phenoxy) is 1. The van der Waals surface area contributed by atoms with Gasteiger partial charge in [-0.05, 0) is 25.8 Å². The van der Waals surface area contributed by atoms with Gasteiger partial charge in [-0.1, -0.05) is 6.42 Å². The van der Waals surface area contributed by atoms with Crippen LogP contribution in [0.25, 0.3) is 0 Å². The van der Waals surface area contributed by atoms with Gasteiger partial charge in [0.15, 0.2) is 5.75 Å². The van der Waals surface area contributed by atoms with E-state index < -0.39 is 0 Å². The number of nitrogens with one attached hydrogen (secondary N) is 1. The first kappa shape index (κ1) is 12.2. The van der Waals surface area contributed by atoms with Gasteiger partial charge in [-0.2, -0.15) is 0 Å². The molecule has 1 saturated carbocycles. The van der Waals surface area contributed by atoms with Crippen LogP contribution >= 0.6 is 0 Å². The number of anilines is 1. The fourth-order valence-electron chi connectivity index (χ4n) is 2.47. The number of aliphatic hydroxyl groups excluding tert-OH is 1. The lowest BCUT2D eigenvalue weighted by Gasteiger charge is -2.21. The van der Waals surface area contributed by atoms with Crippen LogP contribution < -0.4 is 10.1 Å². The second kappa shape index (κ2) is 5.36. The molecule has 0 amide bonds. The number of methoxy groups -OCH3 is 1. The molecule has 0 radical (unpaired) electrons. The Balaban J connectivity index is 2.14. The molecule has 0 saturated heterocycles. The lowest BCUT2D eigenvalue weighted by molar-refractivity contribution is 0.222. The van der Waals surface area contributed by atoms with Gasteiger partial charge in [-0.25, -0.2) is 0 Å². The van der Waals surface area contributed by atoms with Crippen LogP contribution in [-0.2, 0) is 0 Å². The zero-order valence-corrected chi connectivity index (χ0v) is 10.4. The molecule has 1 heterocycles. The molecule has 2 N–H and O–H groups in total. The minimum absolute atomic E-state index is 0.254. The normalized spacial score (nSPS) is 23.7. The SMILES string of the molecule is COc1cnc(C)cc1NC1CCCC1CO. The van der Waals surface area contributed by atoms with E-state index >= 15 is 0 Å². The van der Waals surface area contributed by atoms with Gasteiger partial charge in [0.05, 0.1) is 19.0 Å². The first-order valence-electron chi connectivity index (χ1n) is 6.12. The van der Waals surface area contributed by atoms with E-state index in [9.17, 15) is 5.11 Å². The molecular formula is C13H20N2O2. The van der Waals surface area contributed by atoms with Crippen molar-refractivity contribution in [2.24, 2.45) is 5.92 Å². The quantitative estimate of drug-likeness (QED) is 0.839. The van der Waals surface area contributed by atoms with Crippen LogP contribution in [0.3, 0.4) is 0 Å². The number of aliphatic hydroxyl groups is 1. The third kappa shape index (κ3) is 2.69. The predicted octanol–water partition coefficient (Wildman–Crippen LogP) is 1.97. The van der Waals surface area contributed by atoms with E-state index in [2.05, 4.69) is 10.3 Å². The van der Waals surface area contributed by atoms with Crippen LogP contribution in [-0.4, -0.2) is 29.8 Å². The summed E-state index contributed by atoms with van der Waals surface area (Å²) in [6, 6.07) is 2.33. The molecule has 2 unspecified atom stereocenters. The van der Waals surface area contributed by atoms with Crippen molar-refractivity contribution in [2.45, 2.75) is 32.2 Å². The zero-order valence-electron chi connectivity index (χ0n) is 10.4. The summed E-state index contributed by atoms with van der Waals surface area (Å²) in [7, 11) is 1.65. The molecule has 4 nitrogen and oxygen atoms in total. The third-order valence-corrected chi connectivity index (χ3v) is 3.46. The van der Waals surface area contributed by atoms with Gasteiger partial charge in [0.25, 0.3) is 0 Å². The standard InChI is InChI=1S/C13H20N2O2/c1-9-6-12(13(17-2)7-14-9)15-11-5-3-4-10(11)8-16/h6-7,10-11,16H,3-5,8H2,1-2H3,(H,14,15). The summed E-state index contributed by atoms with van der Waals surface area (Å²) >= 11 is 0. The van der Waals surface area contributed by atoms with Gasteiger partial charge in [0.1, 0.15) is 0 Å². The summed E-state index contributed by atoms with van der Waals surface area (Å²) in [6.45, 7) is 2.22. The Morgan fingerprint density at radius 3 is 3.06 bits per heavy atom. The number of nitrogens with zero attached hydrogens (tertiary/aromatic N) is 1. The molecule has 1 fully saturated rings. The van der Waals surface area contributed by atoms with Crippen LogP contribution in [0.1, 0.15) is 25.0 Å². The maximum absolute atomic E-state index is 9.31. The molecule has 0 aromatic carbocycles. The van der Waals surface area contributed by atoms with Gasteiger partial charge in [-0.3, -0.25) is 4.98 Å². The summed E-state index contributed by atoms with van der Waals surface area (Å²) in [5.74, 6) is 1.12. The smallest absolute Gasteiger partial charge is 0.160 e. The fourth-order valence-corrected chi connectivity index (χ4v) is 2.47. The number of aryl methyl sites for hydroxylation is 1. The molecule has 1 aromatic heterocycles. The molecule has 0 bridgehead atoms. The Morgan fingerprint density at radius 2 is 2.35 bits per heavy atom. The van der Waals surface area contributed by atoms with Crippen molar-refractivity contribution in [3.8, 4) is 5.75 Å². The molecule has 2 rings (SSSR count). The highest BCUT2D eigenvalue weighted by molar-refractivity contribution is 5.56. The minimum Gasteiger partial charge on any atom is -0.493 e. The van der Waals surface area contributed by atoms with E-state index in [4.69, 9.17) is 4.74 Å². The van der Waals surface area contributed by atoms with Crippen molar-refractivity contribution < 1.29 is 9.84 Å². The average Bonchev–Trinajstić information content (AvgIpc) is 2.77. The van der Waals surface area contributed by atoms with E-state index in [1.807, 2.05) is 13.0 Å². The van der Waals surface area contributed by atoms with E-state index in [0.717, 1.165) is 30.0 Å². The number of hydrogen-bond acceptors (Lipinski definition) is 4. The first-order valence-corrected chi connectivity index (χ1v) is 6.12. The monoisotopic (exact) mass is 236 g/mol. The molecule has 0 spiro atoms. The van der Waals surface area contributed by atoms with Crippen LogP contribution in [0.4, 0.5) is 5.69 Å². The molecule has 17 heavy (non-hydrogen) atoms. The van der Waals surface area contributed by atoms with Gasteiger partial charge < -0.3 is 15.2 Å². The number of rotatable bonds is 4. The van der Waals surface area contributed by atoms with Crippen LogP contribution in [0.15, 0.2) is 12.3 Å². The Hall–Kier alpha value is -1.29. The second-order valence-corrected chi connectivity index (χ2v) is 4.65. The number of hydrogen-bond donors (Lipinski definition) is 2. The highest BCUT2D eigenvalue weighted by Crippen LogP contribution is 2.31. The zero-order chi connectivity index (χ0) is 12.3. The molecule has 1 aromatic rings. The van der Waals surface area contributed by atoms with Crippen LogP contribution in [0, 0.1) is 12.8 Å². The average molecular weight is 236 g/mol. The summed E-state index contributed by atoms with van der Waals surface area (Å²) in [6.07, 6.45) is 5.12. The molecular weight excluding hydrogens is 216 g/mol. The molecule has 4 heteroatoms. The van der Waals surface area contributed by atoms with Crippen molar-refractivity contribution in [3.05, 3.63) is 18.0 Å². The lowest BCUT2D eigenvalue weighted by atomic mass is 10.0. The first-order chi connectivity index (χ1) is 8.24. The maximum Gasteiger partial charge on any atom is 0.160 e. The van der Waals surface area contributed by atoms with Crippen molar-refractivity contribution >= 4 is 5.69 Å². The van der Waals surface area contributed by atoms with Gasteiger partial charge in [0, 0.05) is 24.3 Å². The summed E-state index contributed by atoms with van der Waals surface area (Å²) in [4.78, 5) is 4.21. The highest BCUT2D eigenvalue weighted by Gasteiger charge is 2.27. The molecule has 94 valence electrons. The van der Waals surface area contributed by atoms with Gasteiger partial charge in [-0.15, -0.1) is 0 Å². The lowest BCUT2D eigenvalue weighted by Crippen LogP contribution is -2.26. The van der Waals surface area contributed by atoms with Crippen LogP contribution in [0.5, 0.6) is 5.75 Å². The van der Waals surface area contributed by atoms with Crippen molar-refractivity contribution in [3.63, 3.8) is 0 Å². The van der Waals surface area contributed by atoms with Crippen molar-refractivity contribution in [1.29, 1.82) is 0 Å². The Morgan fingerprint density at radius 1 is 1.53 bits per heavy atom. The summed E-state index contributed by atoms with van der Waals surface area (Å²) < 4.78 is 5.29. The van der Waals surface area contributed by atoms with Gasteiger partial charge >= 0.3 is 0 Å². The van der Waals surface area contributed by atoms with E-state index in [0.29, 0.717) is 12.0 Å². The Kier molecular flexibility index (Phi) is 3.84. The third-order valence-electron chi connectivity index (χ3n) is 3.46. The second-order valence-electron chi connectivity index (χ2n) is 4.65. The number of aromatic nitrogens is 1. The predicted molar refractivity (Wildman–Crippen MR) is 67.4 cm³/mol. The molecule has 2 atom stereocenters. The van der Waals surface area contributed by atoms with Crippen molar-refractivity contribution in [2.75, 3.05) is 19.0 Å². The largest absolute Gasteiger partial charge is 0.493 e. The van der Waals surface area contributed by atoms with Crippen molar-refractivity contribution in [1.82, 2.24) is 4.98 Å². The minimum atomic E-state index is 0.254. The maximum atomic E-state index is 9.31. The highest BCUT2D eigenvalue weighted by atomic mass is 16.5. The summed E-state index contributed by atoms with van der Waals surface area (Å²) in [5.41, 5.74) is 1.94. The fraction of sp³-hybridized carbons (Fsp3) is 0.615. The Bertz CT molecular complexity index is 382. The van der Waals surface area contributed by atoms with E-state index in [-0.39, 0.29) is 6.61 Å². The molecule has 0 aliphatic heterocycles. The summed E-state index contributed by atoms with van der Waals surface area (Å²) in [5, 5.41) is 12.8. The molecule has 1 aliphatic rings. The van der Waals surface area contributed by atoms with E-state index in [1.165, 1.54) is 6.42 Å². The Labute approximate surface area is 102 Å². The van der Waals surface area contributed by atoms with E-state index in [1.54, 1.807) is 13.3 Å². The van der Waals surface area contributed by atoms with Gasteiger partial charge in [0.2, 0.25) is 0 Å².